The van der Waals surface area contributed by atoms with E-state index in [4.69, 9.17) is 0 Å². The highest BCUT2D eigenvalue weighted by Gasteiger charge is 2.65. The number of thiol groups is 1. The summed E-state index contributed by atoms with van der Waals surface area (Å²) in [6.45, 7) is 6.88. The Hall–Kier alpha value is 0.310. The van der Waals surface area contributed by atoms with Gasteiger partial charge in [-0.05, 0) is 41.3 Å². The molecule has 13 heavy (non-hydrogen) atoms. The fraction of sp³-hybridized carbons (Fsp3) is 1.00. The smallest absolute Gasteiger partial charge is 0.0637 e. The molecule has 0 saturated heterocycles. The standard InChI is InChI=1S/C11H20OS/c1-10(2)8-4-5-11(10,3)9(12)7(8)6-13/h7-9,12-13H,4-6H2,1-3H3/t7-,8+,9+,11-/m0/s1. The second-order valence-corrected chi connectivity index (χ2v) is 5.94. The second-order valence-electron chi connectivity index (χ2n) is 5.58. The van der Waals surface area contributed by atoms with E-state index in [1.807, 2.05) is 0 Å². The molecular formula is C11H20OS. The number of aliphatic hydroxyl groups excluding tert-OH is 1. The number of aliphatic hydroxyl groups is 1. The Balaban J connectivity index is 2.39. The van der Waals surface area contributed by atoms with Crippen LogP contribution in [0.2, 0.25) is 0 Å². The normalized spacial score (nSPS) is 52.8. The molecule has 2 bridgehead atoms. The second kappa shape index (κ2) is 2.66. The van der Waals surface area contributed by atoms with Gasteiger partial charge in [0.25, 0.3) is 0 Å². The van der Waals surface area contributed by atoms with Gasteiger partial charge in [0.1, 0.15) is 0 Å². The predicted molar refractivity (Wildman–Crippen MR) is 58.0 cm³/mol. The first kappa shape index (κ1) is 9.85. The van der Waals surface area contributed by atoms with E-state index in [1.54, 1.807) is 0 Å². The van der Waals surface area contributed by atoms with Crippen molar-refractivity contribution < 1.29 is 5.11 Å². The molecule has 0 aromatic heterocycles. The zero-order chi connectivity index (χ0) is 9.85. The predicted octanol–water partition coefficient (Wildman–Crippen LogP) is 2.35. The first-order valence-electron chi connectivity index (χ1n) is 5.24. The van der Waals surface area contributed by atoms with Gasteiger partial charge in [-0.15, -0.1) is 0 Å². The van der Waals surface area contributed by atoms with Gasteiger partial charge in [0, 0.05) is 0 Å². The first-order valence-corrected chi connectivity index (χ1v) is 5.87. The minimum absolute atomic E-state index is 0.126. The van der Waals surface area contributed by atoms with Crippen LogP contribution in [-0.2, 0) is 0 Å². The van der Waals surface area contributed by atoms with Gasteiger partial charge in [-0.1, -0.05) is 20.8 Å². The lowest BCUT2D eigenvalue weighted by atomic mass is 9.70. The third kappa shape index (κ3) is 0.940. The van der Waals surface area contributed by atoms with E-state index in [0.717, 1.165) is 5.75 Å². The molecule has 0 aromatic carbocycles. The van der Waals surface area contributed by atoms with Crippen molar-refractivity contribution in [3.8, 4) is 0 Å². The van der Waals surface area contributed by atoms with Crippen LogP contribution in [0.25, 0.3) is 0 Å². The fourth-order valence-electron chi connectivity index (χ4n) is 3.76. The molecule has 0 radical (unpaired) electrons. The lowest BCUT2D eigenvalue weighted by Gasteiger charge is -2.37. The molecule has 2 heteroatoms. The van der Waals surface area contributed by atoms with E-state index in [0.29, 0.717) is 17.3 Å². The SMILES string of the molecule is CC1(C)[C@@H]2CC[C@@]1(C)[C@H](O)[C@H]2CS. The van der Waals surface area contributed by atoms with E-state index in [2.05, 4.69) is 33.4 Å². The quantitative estimate of drug-likeness (QED) is 0.623. The van der Waals surface area contributed by atoms with Crippen LogP contribution in [-0.4, -0.2) is 17.0 Å². The molecule has 76 valence electrons. The minimum atomic E-state index is -0.126. The zero-order valence-electron chi connectivity index (χ0n) is 8.75. The van der Waals surface area contributed by atoms with Crippen molar-refractivity contribution in [2.45, 2.75) is 39.7 Å². The van der Waals surface area contributed by atoms with E-state index in [1.165, 1.54) is 12.8 Å². The maximum atomic E-state index is 10.2. The molecule has 0 amide bonds. The molecule has 0 unspecified atom stereocenters. The minimum Gasteiger partial charge on any atom is -0.392 e. The highest BCUT2D eigenvalue weighted by atomic mass is 32.1. The van der Waals surface area contributed by atoms with Crippen molar-refractivity contribution in [1.82, 2.24) is 0 Å². The Bertz CT molecular complexity index is 226. The van der Waals surface area contributed by atoms with Gasteiger partial charge in [-0.3, -0.25) is 0 Å². The van der Waals surface area contributed by atoms with Crippen molar-refractivity contribution in [2.75, 3.05) is 5.75 Å². The Morgan fingerprint density at radius 1 is 1.38 bits per heavy atom. The van der Waals surface area contributed by atoms with E-state index >= 15 is 0 Å². The third-order valence-corrected chi connectivity index (χ3v) is 5.58. The monoisotopic (exact) mass is 200 g/mol. The average molecular weight is 200 g/mol. The summed E-state index contributed by atoms with van der Waals surface area (Å²) in [6, 6.07) is 0. The molecule has 2 fully saturated rings. The molecule has 0 spiro atoms. The summed E-state index contributed by atoms with van der Waals surface area (Å²) in [4.78, 5) is 0. The average Bonchev–Trinajstić information content (AvgIpc) is 2.36. The van der Waals surface area contributed by atoms with Crippen LogP contribution >= 0.6 is 12.6 Å². The summed E-state index contributed by atoms with van der Waals surface area (Å²) in [7, 11) is 0. The lowest BCUT2D eigenvalue weighted by Crippen LogP contribution is -2.37. The van der Waals surface area contributed by atoms with Gasteiger partial charge in [0.05, 0.1) is 6.10 Å². The fourth-order valence-corrected chi connectivity index (χ4v) is 4.21. The Morgan fingerprint density at radius 3 is 2.31 bits per heavy atom. The molecule has 2 aliphatic rings. The van der Waals surface area contributed by atoms with Crippen LogP contribution in [0.5, 0.6) is 0 Å². The van der Waals surface area contributed by atoms with Crippen molar-refractivity contribution in [2.24, 2.45) is 22.7 Å². The Kier molecular flexibility index (Phi) is 2.02. The highest BCUT2D eigenvalue weighted by molar-refractivity contribution is 7.80. The maximum Gasteiger partial charge on any atom is 0.0637 e. The van der Waals surface area contributed by atoms with Gasteiger partial charge in [-0.2, -0.15) is 12.6 Å². The van der Waals surface area contributed by atoms with E-state index < -0.39 is 0 Å². The molecule has 1 N–H and O–H groups in total. The van der Waals surface area contributed by atoms with Gasteiger partial charge in [0.15, 0.2) is 0 Å². The van der Waals surface area contributed by atoms with E-state index in [9.17, 15) is 5.11 Å². The highest BCUT2D eigenvalue weighted by Crippen LogP contribution is 2.67. The lowest BCUT2D eigenvalue weighted by molar-refractivity contribution is -0.00520. The molecule has 0 aliphatic heterocycles. The molecule has 2 rings (SSSR count). The van der Waals surface area contributed by atoms with Gasteiger partial charge in [-0.25, -0.2) is 0 Å². The molecule has 0 aromatic rings. The van der Waals surface area contributed by atoms with Crippen LogP contribution in [0.4, 0.5) is 0 Å². The van der Waals surface area contributed by atoms with Crippen LogP contribution in [0.3, 0.4) is 0 Å². The van der Waals surface area contributed by atoms with Crippen LogP contribution in [0.15, 0.2) is 0 Å². The van der Waals surface area contributed by atoms with Crippen molar-refractivity contribution in [3.63, 3.8) is 0 Å². The molecule has 2 aliphatic carbocycles. The number of fused-ring (bicyclic) bond motifs is 2. The molecule has 4 atom stereocenters. The topological polar surface area (TPSA) is 20.2 Å². The largest absolute Gasteiger partial charge is 0.392 e. The number of hydrogen-bond donors (Lipinski definition) is 2. The van der Waals surface area contributed by atoms with Crippen LogP contribution < -0.4 is 0 Å². The third-order valence-electron chi connectivity index (χ3n) is 5.16. The van der Waals surface area contributed by atoms with Gasteiger partial charge < -0.3 is 5.11 Å². The number of hydrogen-bond acceptors (Lipinski definition) is 2. The van der Waals surface area contributed by atoms with Crippen molar-refractivity contribution in [1.29, 1.82) is 0 Å². The Morgan fingerprint density at radius 2 is 2.00 bits per heavy atom. The zero-order valence-corrected chi connectivity index (χ0v) is 9.64. The summed E-state index contributed by atoms with van der Waals surface area (Å²) >= 11 is 4.36. The maximum absolute atomic E-state index is 10.2. The molecular weight excluding hydrogens is 180 g/mol. The number of rotatable bonds is 1. The molecule has 0 heterocycles. The van der Waals surface area contributed by atoms with Crippen LogP contribution in [0.1, 0.15) is 33.6 Å². The van der Waals surface area contributed by atoms with E-state index in [-0.39, 0.29) is 11.5 Å². The van der Waals surface area contributed by atoms with Crippen molar-refractivity contribution in [3.05, 3.63) is 0 Å². The molecule has 2 saturated carbocycles. The van der Waals surface area contributed by atoms with Crippen molar-refractivity contribution >= 4 is 12.6 Å². The van der Waals surface area contributed by atoms with Gasteiger partial charge >= 0.3 is 0 Å². The Labute approximate surface area is 86.3 Å². The summed E-state index contributed by atoms with van der Waals surface area (Å²) in [5.41, 5.74) is 0.449. The summed E-state index contributed by atoms with van der Waals surface area (Å²) < 4.78 is 0. The summed E-state index contributed by atoms with van der Waals surface area (Å²) in [5.74, 6) is 1.95. The van der Waals surface area contributed by atoms with Crippen LogP contribution in [0, 0.1) is 22.7 Å². The molecule has 1 nitrogen and oxygen atoms in total. The first-order chi connectivity index (χ1) is 5.95. The summed E-state index contributed by atoms with van der Waals surface area (Å²) in [6.07, 6.45) is 2.35. The van der Waals surface area contributed by atoms with Gasteiger partial charge in [0.2, 0.25) is 0 Å². The summed E-state index contributed by atoms with van der Waals surface area (Å²) in [5, 5.41) is 10.2.